The predicted octanol–water partition coefficient (Wildman–Crippen LogP) is 2.20. The molecule has 17 heavy (non-hydrogen) atoms. The molecule has 0 saturated heterocycles. The third kappa shape index (κ3) is 2.75. The highest BCUT2D eigenvalue weighted by atomic mass is 15.0. The first-order valence-electron chi connectivity index (χ1n) is 6.33. The quantitative estimate of drug-likeness (QED) is 0.822. The summed E-state index contributed by atoms with van der Waals surface area (Å²) in [5, 5.41) is 0. The average molecular weight is 234 g/mol. The molecule has 1 aliphatic carbocycles. The van der Waals surface area contributed by atoms with Crippen molar-refractivity contribution in [2.75, 3.05) is 5.73 Å². The minimum Gasteiger partial charge on any atom is -0.383 e. The molecule has 4 nitrogen and oxygen atoms in total. The van der Waals surface area contributed by atoms with E-state index in [1.54, 1.807) is 6.20 Å². The summed E-state index contributed by atoms with van der Waals surface area (Å²) < 4.78 is 0. The maximum absolute atomic E-state index is 5.86. The van der Waals surface area contributed by atoms with Gasteiger partial charge in [0.25, 0.3) is 0 Å². The first kappa shape index (κ1) is 12.3. The molecule has 1 heterocycles. The molecule has 4 N–H and O–H groups in total. The maximum Gasteiger partial charge on any atom is 0.133 e. The van der Waals surface area contributed by atoms with Gasteiger partial charge in [0.2, 0.25) is 0 Å². The van der Waals surface area contributed by atoms with Crippen LogP contribution in [0.15, 0.2) is 6.20 Å². The molecule has 0 radical (unpaired) electrons. The van der Waals surface area contributed by atoms with Gasteiger partial charge in [-0.1, -0.05) is 13.8 Å². The third-order valence-corrected chi connectivity index (χ3v) is 3.84. The first-order valence-corrected chi connectivity index (χ1v) is 6.33. The molecule has 1 saturated carbocycles. The lowest BCUT2D eigenvalue weighted by atomic mass is 9.73. The number of nitrogens with two attached hydrogens (primary N) is 2. The lowest BCUT2D eigenvalue weighted by Crippen LogP contribution is -2.21. The first-order chi connectivity index (χ1) is 8.02. The van der Waals surface area contributed by atoms with Crippen molar-refractivity contribution in [3.8, 4) is 0 Å². The van der Waals surface area contributed by atoms with E-state index in [9.17, 15) is 0 Å². The molecule has 1 aliphatic rings. The summed E-state index contributed by atoms with van der Waals surface area (Å²) in [4.78, 5) is 8.81. The highest BCUT2D eigenvalue weighted by Crippen LogP contribution is 2.41. The Balaban J connectivity index is 2.11. The second-order valence-electron chi connectivity index (χ2n) is 5.78. The molecule has 0 unspecified atom stereocenters. The van der Waals surface area contributed by atoms with Gasteiger partial charge in [-0.05, 0) is 31.1 Å². The fraction of sp³-hybridized carbons (Fsp3) is 0.692. The van der Waals surface area contributed by atoms with Gasteiger partial charge in [-0.25, -0.2) is 9.97 Å². The Morgan fingerprint density at radius 1 is 1.35 bits per heavy atom. The lowest BCUT2D eigenvalue weighted by Gasteiger charge is -2.33. The summed E-state index contributed by atoms with van der Waals surface area (Å²) in [6.07, 6.45) is 6.57. The van der Waals surface area contributed by atoms with Crippen LogP contribution in [0.1, 0.15) is 56.8 Å². The molecule has 0 bridgehead atoms. The predicted molar refractivity (Wildman–Crippen MR) is 69.3 cm³/mol. The minimum atomic E-state index is 0.407. The molecular formula is C13H22N4. The topological polar surface area (TPSA) is 77.8 Å². The van der Waals surface area contributed by atoms with Crippen LogP contribution in [0.5, 0.6) is 0 Å². The van der Waals surface area contributed by atoms with Gasteiger partial charge in [-0.3, -0.25) is 0 Å². The van der Waals surface area contributed by atoms with E-state index in [0.717, 1.165) is 24.2 Å². The minimum absolute atomic E-state index is 0.407. The van der Waals surface area contributed by atoms with E-state index in [4.69, 9.17) is 11.5 Å². The summed E-state index contributed by atoms with van der Waals surface area (Å²) in [6.45, 7) is 5.07. The largest absolute Gasteiger partial charge is 0.383 e. The Hall–Kier alpha value is -1.16. The molecule has 1 aromatic rings. The van der Waals surface area contributed by atoms with E-state index in [2.05, 4.69) is 23.8 Å². The molecule has 94 valence electrons. The Labute approximate surface area is 103 Å². The zero-order valence-corrected chi connectivity index (χ0v) is 10.7. The molecule has 0 amide bonds. The van der Waals surface area contributed by atoms with Gasteiger partial charge >= 0.3 is 0 Å². The summed E-state index contributed by atoms with van der Waals surface area (Å²) in [5.41, 5.74) is 12.7. The van der Waals surface area contributed by atoms with Crippen molar-refractivity contribution in [1.82, 2.24) is 9.97 Å². The molecule has 0 aliphatic heterocycles. The van der Waals surface area contributed by atoms with Crippen LogP contribution in [-0.4, -0.2) is 9.97 Å². The second-order valence-corrected chi connectivity index (χ2v) is 5.78. The van der Waals surface area contributed by atoms with Crippen LogP contribution >= 0.6 is 0 Å². The van der Waals surface area contributed by atoms with Crippen LogP contribution in [0.4, 0.5) is 5.82 Å². The van der Waals surface area contributed by atoms with Crippen molar-refractivity contribution < 1.29 is 0 Å². The fourth-order valence-electron chi connectivity index (χ4n) is 2.45. The van der Waals surface area contributed by atoms with E-state index in [1.165, 1.54) is 12.8 Å². The van der Waals surface area contributed by atoms with Gasteiger partial charge in [-0.15, -0.1) is 0 Å². The van der Waals surface area contributed by atoms with Gasteiger partial charge in [0.1, 0.15) is 11.6 Å². The molecule has 0 spiro atoms. The molecule has 4 heteroatoms. The molecule has 2 rings (SSSR count). The highest BCUT2D eigenvalue weighted by Gasteiger charge is 2.29. The van der Waals surface area contributed by atoms with Crippen molar-refractivity contribution in [1.29, 1.82) is 0 Å². The second kappa shape index (κ2) is 4.61. The van der Waals surface area contributed by atoms with E-state index in [1.807, 2.05) is 0 Å². The van der Waals surface area contributed by atoms with Crippen LogP contribution < -0.4 is 11.5 Å². The van der Waals surface area contributed by atoms with Gasteiger partial charge in [0.15, 0.2) is 0 Å². The van der Waals surface area contributed by atoms with Gasteiger partial charge in [0, 0.05) is 24.2 Å². The number of rotatable bonds is 2. The maximum atomic E-state index is 5.86. The number of hydrogen-bond acceptors (Lipinski definition) is 4. The fourth-order valence-corrected chi connectivity index (χ4v) is 2.45. The van der Waals surface area contributed by atoms with Crippen molar-refractivity contribution >= 4 is 5.82 Å². The average Bonchev–Trinajstić information content (AvgIpc) is 2.29. The lowest BCUT2D eigenvalue weighted by molar-refractivity contribution is 0.221. The standard InChI is InChI=1S/C13H22N4/c1-13(2)5-3-9(4-6-13)12-16-8-10(7-14)11(15)17-12/h8-9H,3-7,14H2,1-2H3,(H2,15,16,17). The van der Waals surface area contributed by atoms with Crippen molar-refractivity contribution in [3.63, 3.8) is 0 Å². The zero-order chi connectivity index (χ0) is 12.5. The van der Waals surface area contributed by atoms with Crippen molar-refractivity contribution in [2.24, 2.45) is 11.1 Å². The van der Waals surface area contributed by atoms with E-state index < -0.39 is 0 Å². The molecule has 1 aromatic heterocycles. The normalized spacial score (nSPS) is 20.4. The van der Waals surface area contributed by atoms with Crippen LogP contribution in [-0.2, 0) is 6.54 Å². The number of hydrogen-bond donors (Lipinski definition) is 2. The summed E-state index contributed by atoms with van der Waals surface area (Å²) in [7, 11) is 0. The summed E-state index contributed by atoms with van der Waals surface area (Å²) in [6, 6.07) is 0. The van der Waals surface area contributed by atoms with Gasteiger partial charge < -0.3 is 11.5 Å². The molecule has 0 atom stereocenters. The Morgan fingerprint density at radius 3 is 2.53 bits per heavy atom. The van der Waals surface area contributed by atoms with Gasteiger partial charge in [0.05, 0.1) is 0 Å². The van der Waals surface area contributed by atoms with E-state index in [-0.39, 0.29) is 0 Å². The highest BCUT2D eigenvalue weighted by molar-refractivity contribution is 5.37. The van der Waals surface area contributed by atoms with Gasteiger partial charge in [-0.2, -0.15) is 0 Å². The molecular weight excluding hydrogens is 212 g/mol. The number of nitrogen functional groups attached to an aromatic ring is 1. The monoisotopic (exact) mass is 234 g/mol. The summed E-state index contributed by atoms with van der Waals surface area (Å²) >= 11 is 0. The number of anilines is 1. The van der Waals surface area contributed by atoms with E-state index in [0.29, 0.717) is 23.7 Å². The van der Waals surface area contributed by atoms with Crippen LogP contribution in [0.3, 0.4) is 0 Å². The van der Waals surface area contributed by atoms with Crippen molar-refractivity contribution in [2.45, 2.75) is 52.0 Å². The van der Waals surface area contributed by atoms with Crippen LogP contribution in [0.25, 0.3) is 0 Å². The molecule has 1 fully saturated rings. The zero-order valence-electron chi connectivity index (χ0n) is 10.7. The van der Waals surface area contributed by atoms with Crippen LogP contribution in [0.2, 0.25) is 0 Å². The SMILES string of the molecule is CC1(C)CCC(c2ncc(CN)c(N)n2)CC1. The third-order valence-electron chi connectivity index (χ3n) is 3.84. The Morgan fingerprint density at radius 2 is 2.00 bits per heavy atom. The molecule has 0 aromatic carbocycles. The van der Waals surface area contributed by atoms with Crippen LogP contribution in [0, 0.1) is 5.41 Å². The Kier molecular flexibility index (Phi) is 3.33. The number of nitrogens with zero attached hydrogens (tertiary/aromatic N) is 2. The smallest absolute Gasteiger partial charge is 0.133 e. The van der Waals surface area contributed by atoms with E-state index >= 15 is 0 Å². The van der Waals surface area contributed by atoms with Crippen molar-refractivity contribution in [3.05, 3.63) is 17.6 Å². The number of aromatic nitrogens is 2. The Bertz CT molecular complexity index is 390. The summed E-state index contributed by atoms with van der Waals surface area (Å²) in [5.74, 6) is 1.91.